The number of carbonyl (C=O) groups excluding carboxylic acids is 1. The van der Waals surface area contributed by atoms with Crippen LogP contribution in [0.1, 0.15) is 37.7 Å². The number of nitrogens with zero attached hydrogens (tertiary/aromatic N) is 1. The molecule has 4 rings (SSSR count). The van der Waals surface area contributed by atoms with Crippen molar-refractivity contribution in [3.05, 3.63) is 74.9 Å². The molecule has 2 amide bonds. The van der Waals surface area contributed by atoms with Gasteiger partial charge in [-0.2, -0.15) is 0 Å². The van der Waals surface area contributed by atoms with E-state index in [1.807, 2.05) is 0 Å². The summed E-state index contributed by atoms with van der Waals surface area (Å²) in [4.78, 5) is 39.7. The van der Waals surface area contributed by atoms with Crippen molar-refractivity contribution in [2.24, 2.45) is 0 Å². The zero-order valence-electron chi connectivity index (χ0n) is 18.0. The zero-order chi connectivity index (χ0) is 23.4. The highest BCUT2D eigenvalue weighted by molar-refractivity contribution is 7.90. The lowest BCUT2D eigenvalue weighted by atomic mass is 9.96. The molecule has 0 saturated heterocycles. The van der Waals surface area contributed by atoms with E-state index >= 15 is 0 Å². The van der Waals surface area contributed by atoms with Crippen LogP contribution in [0.15, 0.2) is 63.0 Å². The SMILES string of the molecule is O=C(NC1CCCCC1)NS(=O)(=O)c1ccc(CCn2c(=O)[nH]c3ccccc3c2=O)cc1. The average molecular weight is 471 g/mol. The molecular weight excluding hydrogens is 444 g/mol. The van der Waals surface area contributed by atoms with Gasteiger partial charge in [0.15, 0.2) is 0 Å². The van der Waals surface area contributed by atoms with E-state index in [4.69, 9.17) is 0 Å². The van der Waals surface area contributed by atoms with E-state index in [-0.39, 0.29) is 23.0 Å². The smallest absolute Gasteiger partial charge is 0.328 e. The van der Waals surface area contributed by atoms with Crippen LogP contribution < -0.4 is 21.3 Å². The first kappa shape index (κ1) is 22.8. The fourth-order valence-corrected chi connectivity index (χ4v) is 5.04. The summed E-state index contributed by atoms with van der Waals surface area (Å²) in [6, 6.07) is 12.1. The first-order valence-corrected chi connectivity index (χ1v) is 12.5. The number of urea groups is 1. The minimum atomic E-state index is -4.00. The number of benzene rings is 2. The predicted octanol–water partition coefficient (Wildman–Crippen LogP) is 2.25. The third-order valence-electron chi connectivity index (χ3n) is 5.91. The van der Waals surface area contributed by atoms with Gasteiger partial charge in [0, 0.05) is 12.6 Å². The molecule has 10 heteroatoms. The molecule has 1 fully saturated rings. The van der Waals surface area contributed by atoms with E-state index in [0.29, 0.717) is 17.3 Å². The number of para-hydroxylation sites is 1. The van der Waals surface area contributed by atoms with Crippen molar-refractivity contribution in [2.45, 2.75) is 56.0 Å². The molecular formula is C23H26N4O5S. The van der Waals surface area contributed by atoms with Crippen molar-refractivity contribution in [2.75, 3.05) is 0 Å². The molecule has 33 heavy (non-hydrogen) atoms. The molecule has 0 unspecified atom stereocenters. The molecule has 174 valence electrons. The lowest BCUT2D eigenvalue weighted by Gasteiger charge is -2.22. The highest BCUT2D eigenvalue weighted by atomic mass is 32.2. The minimum Gasteiger partial charge on any atom is -0.335 e. The molecule has 0 bridgehead atoms. The van der Waals surface area contributed by atoms with Gasteiger partial charge < -0.3 is 10.3 Å². The molecule has 1 aliphatic rings. The number of hydrogen-bond donors (Lipinski definition) is 3. The highest BCUT2D eigenvalue weighted by Gasteiger charge is 2.21. The van der Waals surface area contributed by atoms with Gasteiger partial charge in [0.1, 0.15) is 0 Å². The Balaban J connectivity index is 1.41. The number of aryl methyl sites for hydroxylation is 1. The summed E-state index contributed by atoms with van der Waals surface area (Å²) in [5.74, 6) is 0. The van der Waals surface area contributed by atoms with Gasteiger partial charge in [0.2, 0.25) is 0 Å². The summed E-state index contributed by atoms with van der Waals surface area (Å²) in [7, 11) is -4.00. The minimum absolute atomic E-state index is 0.00186. The normalized spacial score (nSPS) is 14.8. The van der Waals surface area contributed by atoms with Crippen LogP contribution in [0, 0.1) is 0 Å². The average Bonchev–Trinajstić information content (AvgIpc) is 2.79. The van der Waals surface area contributed by atoms with Crippen molar-refractivity contribution >= 4 is 27.0 Å². The van der Waals surface area contributed by atoms with Crippen LogP contribution in [-0.4, -0.2) is 30.0 Å². The van der Waals surface area contributed by atoms with E-state index in [2.05, 4.69) is 15.0 Å². The van der Waals surface area contributed by atoms with Crippen molar-refractivity contribution in [3.63, 3.8) is 0 Å². The van der Waals surface area contributed by atoms with Gasteiger partial charge in [-0.15, -0.1) is 0 Å². The molecule has 0 radical (unpaired) electrons. The van der Waals surface area contributed by atoms with Crippen LogP contribution in [0.25, 0.3) is 10.9 Å². The van der Waals surface area contributed by atoms with Crippen LogP contribution in [0.4, 0.5) is 4.79 Å². The van der Waals surface area contributed by atoms with Crippen LogP contribution >= 0.6 is 0 Å². The van der Waals surface area contributed by atoms with E-state index < -0.39 is 21.7 Å². The lowest BCUT2D eigenvalue weighted by molar-refractivity contribution is 0.237. The first-order chi connectivity index (χ1) is 15.8. The molecule has 3 aromatic rings. The van der Waals surface area contributed by atoms with Gasteiger partial charge in [0.25, 0.3) is 15.6 Å². The maximum Gasteiger partial charge on any atom is 0.328 e. The van der Waals surface area contributed by atoms with Crippen LogP contribution in [0.3, 0.4) is 0 Å². The number of carbonyl (C=O) groups is 1. The second-order valence-electron chi connectivity index (χ2n) is 8.24. The van der Waals surface area contributed by atoms with Crippen molar-refractivity contribution in [1.29, 1.82) is 0 Å². The highest BCUT2D eigenvalue weighted by Crippen LogP contribution is 2.17. The molecule has 2 aromatic carbocycles. The Morgan fingerprint density at radius 1 is 1.00 bits per heavy atom. The summed E-state index contributed by atoms with van der Waals surface area (Å²) >= 11 is 0. The third-order valence-corrected chi connectivity index (χ3v) is 7.26. The summed E-state index contributed by atoms with van der Waals surface area (Å²) in [6.07, 6.45) is 5.24. The summed E-state index contributed by atoms with van der Waals surface area (Å²) in [5, 5.41) is 3.15. The molecule has 9 nitrogen and oxygen atoms in total. The Kier molecular flexibility index (Phi) is 6.64. The molecule has 1 aromatic heterocycles. The topological polar surface area (TPSA) is 130 Å². The Morgan fingerprint density at radius 3 is 2.42 bits per heavy atom. The monoisotopic (exact) mass is 470 g/mol. The fourth-order valence-electron chi connectivity index (χ4n) is 4.12. The Hall–Kier alpha value is -3.40. The van der Waals surface area contributed by atoms with Gasteiger partial charge in [-0.05, 0) is 49.1 Å². The Bertz CT molecular complexity index is 1370. The number of amides is 2. The third kappa shape index (κ3) is 5.33. The number of aromatic amines is 1. The Morgan fingerprint density at radius 2 is 1.70 bits per heavy atom. The fraction of sp³-hybridized carbons (Fsp3) is 0.348. The molecule has 1 saturated carbocycles. The van der Waals surface area contributed by atoms with Gasteiger partial charge in [-0.1, -0.05) is 43.5 Å². The standard InChI is InChI=1S/C23H26N4O5S/c28-21-19-8-4-5-9-20(19)25-23(30)27(21)15-14-16-10-12-18(13-11-16)33(31,32)26-22(29)24-17-6-2-1-3-7-17/h4-5,8-13,17H,1-3,6-7,14-15H2,(H,25,30)(H2,24,26,29). The van der Waals surface area contributed by atoms with Crippen LogP contribution in [0.5, 0.6) is 0 Å². The maximum atomic E-state index is 12.6. The van der Waals surface area contributed by atoms with Crippen molar-refractivity contribution in [3.8, 4) is 0 Å². The van der Waals surface area contributed by atoms with Crippen LogP contribution in [-0.2, 0) is 23.0 Å². The summed E-state index contributed by atoms with van der Waals surface area (Å²) < 4.78 is 28.2. The van der Waals surface area contributed by atoms with Gasteiger partial charge in [-0.25, -0.2) is 22.7 Å². The predicted molar refractivity (Wildman–Crippen MR) is 125 cm³/mol. The zero-order valence-corrected chi connectivity index (χ0v) is 18.9. The second-order valence-corrected chi connectivity index (χ2v) is 9.92. The first-order valence-electron chi connectivity index (χ1n) is 11.0. The number of rotatable bonds is 6. The second kappa shape index (κ2) is 9.62. The number of nitrogens with one attached hydrogen (secondary N) is 3. The molecule has 3 N–H and O–H groups in total. The number of sulfonamides is 1. The molecule has 0 spiro atoms. The van der Waals surface area contributed by atoms with Crippen LogP contribution in [0.2, 0.25) is 0 Å². The maximum absolute atomic E-state index is 12.6. The molecule has 0 atom stereocenters. The molecule has 1 aliphatic carbocycles. The number of hydrogen-bond acceptors (Lipinski definition) is 5. The summed E-state index contributed by atoms with van der Waals surface area (Å²) in [6.45, 7) is 0.146. The van der Waals surface area contributed by atoms with E-state index in [0.717, 1.165) is 42.2 Å². The number of fused-ring (bicyclic) bond motifs is 1. The Labute approximate surface area is 190 Å². The van der Waals surface area contributed by atoms with Gasteiger partial charge in [-0.3, -0.25) is 9.36 Å². The largest absolute Gasteiger partial charge is 0.335 e. The number of H-pyrrole nitrogens is 1. The van der Waals surface area contributed by atoms with E-state index in [1.54, 1.807) is 36.4 Å². The molecule has 0 aliphatic heterocycles. The van der Waals surface area contributed by atoms with E-state index in [9.17, 15) is 22.8 Å². The van der Waals surface area contributed by atoms with Gasteiger partial charge in [0.05, 0.1) is 15.8 Å². The van der Waals surface area contributed by atoms with Crippen molar-refractivity contribution < 1.29 is 13.2 Å². The van der Waals surface area contributed by atoms with E-state index in [1.165, 1.54) is 12.1 Å². The lowest BCUT2D eigenvalue weighted by Crippen LogP contribution is -2.45. The summed E-state index contributed by atoms with van der Waals surface area (Å²) in [5.41, 5.74) is 0.367. The van der Waals surface area contributed by atoms with Crippen molar-refractivity contribution in [1.82, 2.24) is 19.6 Å². The quantitative estimate of drug-likeness (QED) is 0.509. The number of aromatic nitrogens is 2. The van der Waals surface area contributed by atoms with Gasteiger partial charge >= 0.3 is 11.7 Å². The molecule has 1 heterocycles.